The van der Waals surface area contributed by atoms with E-state index in [9.17, 15) is 4.21 Å². The first kappa shape index (κ1) is 14.7. The molecule has 0 amide bonds. The summed E-state index contributed by atoms with van der Waals surface area (Å²) in [5.41, 5.74) is 2.70. The number of fused-ring (bicyclic) bond motifs is 1. The summed E-state index contributed by atoms with van der Waals surface area (Å²) in [6.07, 6.45) is 0.971. The van der Waals surface area contributed by atoms with E-state index in [0.29, 0.717) is 18.3 Å². The van der Waals surface area contributed by atoms with Crippen LogP contribution in [0.3, 0.4) is 0 Å². The highest BCUT2D eigenvalue weighted by Crippen LogP contribution is 2.39. The van der Waals surface area contributed by atoms with Crippen molar-refractivity contribution in [2.45, 2.75) is 30.6 Å². The Morgan fingerprint density at radius 1 is 1.37 bits per heavy atom. The predicted octanol–water partition coefficient (Wildman–Crippen LogP) is 2.22. The Balaban J connectivity index is 2.26. The number of methoxy groups -OCH3 is 1. The Bertz CT molecular complexity index is 450. The molecule has 1 N–H and O–H groups in total. The number of rotatable bonds is 5. The largest absolute Gasteiger partial charge is 0.384 e. The lowest BCUT2D eigenvalue weighted by Gasteiger charge is -2.36. The monoisotopic (exact) mass is 281 g/mol. The fourth-order valence-electron chi connectivity index (χ4n) is 2.97. The van der Waals surface area contributed by atoms with Gasteiger partial charge in [-0.1, -0.05) is 31.2 Å². The van der Waals surface area contributed by atoms with Gasteiger partial charge in [0.25, 0.3) is 0 Å². The minimum atomic E-state index is -0.852. The van der Waals surface area contributed by atoms with Gasteiger partial charge >= 0.3 is 0 Å². The molecule has 3 nitrogen and oxygen atoms in total. The highest BCUT2D eigenvalue weighted by molar-refractivity contribution is 7.85. The van der Waals surface area contributed by atoms with Crippen LogP contribution in [0.2, 0.25) is 0 Å². The van der Waals surface area contributed by atoms with E-state index in [2.05, 4.69) is 36.5 Å². The second kappa shape index (κ2) is 6.64. The zero-order valence-electron chi connectivity index (χ0n) is 11.9. The van der Waals surface area contributed by atoms with Gasteiger partial charge in [0.1, 0.15) is 0 Å². The van der Waals surface area contributed by atoms with E-state index in [-0.39, 0.29) is 11.3 Å². The van der Waals surface area contributed by atoms with Crippen LogP contribution in [-0.4, -0.2) is 36.0 Å². The van der Waals surface area contributed by atoms with Gasteiger partial charge < -0.3 is 10.1 Å². The Morgan fingerprint density at radius 2 is 2.05 bits per heavy atom. The third kappa shape index (κ3) is 3.07. The van der Waals surface area contributed by atoms with Crippen LogP contribution in [0.4, 0.5) is 0 Å². The lowest BCUT2D eigenvalue weighted by Crippen LogP contribution is -2.39. The quantitative estimate of drug-likeness (QED) is 0.899. The van der Waals surface area contributed by atoms with Gasteiger partial charge in [0.05, 0.1) is 11.9 Å². The van der Waals surface area contributed by atoms with Gasteiger partial charge in [-0.15, -0.1) is 0 Å². The summed E-state index contributed by atoms with van der Waals surface area (Å²) in [4.78, 5) is 0. The summed E-state index contributed by atoms with van der Waals surface area (Å²) in [5, 5.41) is 3.53. The average molecular weight is 281 g/mol. The zero-order chi connectivity index (χ0) is 13.8. The molecule has 0 saturated heterocycles. The van der Waals surface area contributed by atoms with Gasteiger partial charge in [-0.05, 0) is 30.5 Å². The first-order valence-electron chi connectivity index (χ1n) is 6.81. The fourth-order valence-corrected chi connectivity index (χ4v) is 4.70. The summed E-state index contributed by atoms with van der Waals surface area (Å²) in [6, 6.07) is 8.69. The molecule has 0 heterocycles. The van der Waals surface area contributed by atoms with E-state index in [4.69, 9.17) is 4.74 Å². The molecule has 106 valence electrons. The number of nitrogens with one attached hydrogen (secondary N) is 1. The first-order valence-corrected chi connectivity index (χ1v) is 8.19. The highest BCUT2D eigenvalue weighted by Gasteiger charge is 2.35. The third-order valence-corrected chi connectivity index (χ3v) is 5.67. The summed E-state index contributed by atoms with van der Waals surface area (Å²) in [5.74, 6) is 1.09. The van der Waals surface area contributed by atoms with Gasteiger partial charge in [0.15, 0.2) is 0 Å². The van der Waals surface area contributed by atoms with Crippen LogP contribution in [0.5, 0.6) is 0 Å². The Labute approximate surface area is 118 Å². The van der Waals surface area contributed by atoms with Crippen molar-refractivity contribution in [3.8, 4) is 0 Å². The third-order valence-electron chi connectivity index (χ3n) is 3.96. The summed E-state index contributed by atoms with van der Waals surface area (Å²) >= 11 is 0. The van der Waals surface area contributed by atoms with Crippen molar-refractivity contribution in [2.24, 2.45) is 0 Å². The van der Waals surface area contributed by atoms with Gasteiger partial charge in [0.2, 0.25) is 0 Å². The lowest BCUT2D eigenvalue weighted by molar-refractivity contribution is 0.217. The highest BCUT2D eigenvalue weighted by atomic mass is 32.2. The molecule has 1 aliphatic carbocycles. The molecule has 2 rings (SSSR count). The molecule has 0 aliphatic heterocycles. The number of benzene rings is 1. The number of hydrogen-bond donors (Lipinski definition) is 1. The first-order chi connectivity index (χ1) is 9.19. The normalized spacial score (nSPS) is 27.8. The smallest absolute Gasteiger partial charge is 0.0577 e. The van der Waals surface area contributed by atoms with Crippen molar-refractivity contribution in [3.63, 3.8) is 0 Å². The second-order valence-electron chi connectivity index (χ2n) is 5.15. The van der Waals surface area contributed by atoms with Crippen molar-refractivity contribution >= 4 is 10.8 Å². The van der Waals surface area contributed by atoms with E-state index < -0.39 is 10.8 Å². The standard InChI is InChI=1S/C15H23NO2S/c1-11-10-14(19(17)9-8-18-3)15(16-2)13-7-5-4-6-12(11)13/h4-7,11,14-16H,8-10H2,1-3H3. The average Bonchev–Trinajstić information content (AvgIpc) is 2.44. The molecule has 0 bridgehead atoms. The minimum Gasteiger partial charge on any atom is -0.384 e. The molecule has 1 aromatic carbocycles. The van der Waals surface area contributed by atoms with Crippen molar-refractivity contribution < 1.29 is 8.95 Å². The van der Waals surface area contributed by atoms with Gasteiger partial charge in [-0.3, -0.25) is 4.21 Å². The molecule has 0 fully saturated rings. The van der Waals surface area contributed by atoms with Crippen molar-refractivity contribution in [1.82, 2.24) is 5.32 Å². The SMILES string of the molecule is CNC1c2ccccc2C(C)CC1S(=O)CCOC. The van der Waals surface area contributed by atoms with E-state index in [1.165, 1.54) is 11.1 Å². The maximum Gasteiger partial charge on any atom is 0.0577 e. The van der Waals surface area contributed by atoms with E-state index in [0.717, 1.165) is 6.42 Å². The van der Waals surface area contributed by atoms with Gasteiger partial charge in [0, 0.05) is 29.7 Å². The van der Waals surface area contributed by atoms with E-state index >= 15 is 0 Å². The molecular weight excluding hydrogens is 258 g/mol. The Kier molecular flexibility index (Phi) is 5.13. The maximum atomic E-state index is 12.5. The molecule has 0 aromatic heterocycles. The summed E-state index contributed by atoms with van der Waals surface area (Å²) in [6.45, 7) is 2.79. The van der Waals surface area contributed by atoms with E-state index in [1.807, 2.05) is 7.05 Å². The Hall–Kier alpha value is -0.710. The summed E-state index contributed by atoms with van der Waals surface area (Å²) < 4.78 is 17.5. The molecule has 0 radical (unpaired) electrons. The van der Waals surface area contributed by atoms with Crippen LogP contribution < -0.4 is 5.32 Å². The molecule has 19 heavy (non-hydrogen) atoms. The van der Waals surface area contributed by atoms with Crippen LogP contribution >= 0.6 is 0 Å². The molecule has 1 aromatic rings. The van der Waals surface area contributed by atoms with Crippen LogP contribution in [0.1, 0.15) is 36.4 Å². The molecule has 4 heteroatoms. The van der Waals surface area contributed by atoms with Crippen LogP contribution in [0.25, 0.3) is 0 Å². The topological polar surface area (TPSA) is 38.3 Å². The van der Waals surface area contributed by atoms with Gasteiger partial charge in [-0.25, -0.2) is 0 Å². The molecular formula is C15H23NO2S. The number of hydrogen-bond acceptors (Lipinski definition) is 3. The Morgan fingerprint density at radius 3 is 2.68 bits per heavy atom. The fraction of sp³-hybridized carbons (Fsp3) is 0.600. The predicted molar refractivity (Wildman–Crippen MR) is 79.9 cm³/mol. The molecule has 4 atom stereocenters. The van der Waals surface area contributed by atoms with Gasteiger partial charge in [-0.2, -0.15) is 0 Å². The van der Waals surface area contributed by atoms with Crippen molar-refractivity contribution in [2.75, 3.05) is 26.5 Å². The molecule has 4 unspecified atom stereocenters. The van der Waals surface area contributed by atoms with Crippen LogP contribution in [-0.2, 0) is 15.5 Å². The minimum absolute atomic E-state index is 0.171. The molecule has 1 aliphatic rings. The summed E-state index contributed by atoms with van der Waals surface area (Å²) in [7, 11) is 2.76. The molecule has 0 spiro atoms. The van der Waals surface area contributed by atoms with Crippen LogP contribution in [0.15, 0.2) is 24.3 Å². The number of ether oxygens (including phenoxy) is 1. The van der Waals surface area contributed by atoms with Crippen molar-refractivity contribution in [3.05, 3.63) is 35.4 Å². The lowest BCUT2D eigenvalue weighted by atomic mass is 9.81. The van der Waals surface area contributed by atoms with Crippen LogP contribution in [0, 0.1) is 0 Å². The maximum absolute atomic E-state index is 12.5. The van der Waals surface area contributed by atoms with Crippen molar-refractivity contribution in [1.29, 1.82) is 0 Å². The van der Waals surface area contributed by atoms with E-state index in [1.54, 1.807) is 7.11 Å². The molecule has 0 saturated carbocycles. The zero-order valence-corrected chi connectivity index (χ0v) is 12.7. The second-order valence-corrected chi connectivity index (χ2v) is 6.92.